The van der Waals surface area contributed by atoms with Gasteiger partial charge in [-0.2, -0.15) is 0 Å². The van der Waals surface area contributed by atoms with E-state index in [0.29, 0.717) is 36.8 Å². The lowest BCUT2D eigenvalue weighted by atomic mass is 10.2. The molecule has 0 radical (unpaired) electrons. The van der Waals surface area contributed by atoms with Crippen LogP contribution in [-0.4, -0.2) is 63.8 Å². The average Bonchev–Trinajstić information content (AvgIpc) is 3.19. The summed E-state index contributed by atoms with van der Waals surface area (Å²) in [6.07, 6.45) is 1.46. The zero-order valence-electron chi connectivity index (χ0n) is 17.5. The molecule has 2 N–H and O–H groups in total. The fourth-order valence-electron chi connectivity index (χ4n) is 3.24. The van der Waals surface area contributed by atoms with Gasteiger partial charge in [-0.3, -0.25) is 4.79 Å². The van der Waals surface area contributed by atoms with Gasteiger partial charge in [-0.1, -0.05) is 6.92 Å². The Labute approximate surface area is 167 Å². The Morgan fingerprint density at radius 1 is 1.18 bits per heavy atom. The second-order valence-electron chi connectivity index (χ2n) is 6.55. The van der Waals surface area contributed by atoms with Crippen molar-refractivity contribution in [2.24, 2.45) is 4.99 Å². The quantitative estimate of drug-likeness (QED) is 0.518. The lowest BCUT2D eigenvalue weighted by molar-refractivity contribution is -0.129. The molecule has 1 unspecified atom stereocenters. The van der Waals surface area contributed by atoms with E-state index in [9.17, 15) is 4.79 Å². The van der Waals surface area contributed by atoms with Crippen LogP contribution in [0.5, 0.6) is 17.2 Å². The summed E-state index contributed by atoms with van der Waals surface area (Å²) in [6.45, 7) is 6.63. The second-order valence-corrected chi connectivity index (χ2v) is 6.55. The van der Waals surface area contributed by atoms with Crippen LogP contribution in [0.1, 0.15) is 32.3 Å². The fraction of sp³-hybridized carbons (Fsp3) is 0.600. The van der Waals surface area contributed by atoms with Crippen LogP contribution in [0.2, 0.25) is 0 Å². The second kappa shape index (κ2) is 10.6. The molecule has 156 valence electrons. The fourth-order valence-corrected chi connectivity index (χ4v) is 3.24. The first-order valence-corrected chi connectivity index (χ1v) is 9.67. The molecule has 1 fully saturated rings. The van der Waals surface area contributed by atoms with Crippen molar-refractivity contribution < 1.29 is 19.0 Å². The Bertz CT molecular complexity index is 668. The first kappa shape index (κ1) is 21.7. The number of carbonyl (C=O) groups excluding carboxylic acids is 1. The monoisotopic (exact) mass is 392 g/mol. The van der Waals surface area contributed by atoms with Gasteiger partial charge < -0.3 is 29.7 Å². The number of benzene rings is 1. The van der Waals surface area contributed by atoms with E-state index in [0.717, 1.165) is 31.0 Å². The highest BCUT2D eigenvalue weighted by Crippen LogP contribution is 2.38. The van der Waals surface area contributed by atoms with Gasteiger partial charge in [-0.15, -0.1) is 0 Å². The van der Waals surface area contributed by atoms with Crippen LogP contribution >= 0.6 is 0 Å². The van der Waals surface area contributed by atoms with Crippen molar-refractivity contribution in [2.45, 2.75) is 39.3 Å². The van der Waals surface area contributed by atoms with E-state index in [2.05, 4.69) is 15.6 Å². The highest BCUT2D eigenvalue weighted by Gasteiger charge is 2.25. The number of rotatable bonds is 8. The highest BCUT2D eigenvalue weighted by molar-refractivity contribution is 5.80. The van der Waals surface area contributed by atoms with Crippen molar-refractivity contribution in [2.75, 3.05) is 41.0 Å². The minimum absolute atomic E-state index is 0.198. The molecule has 1 amide bonds. The number of hydrogen-bond donors (Lipinski definition) is 2. The maximum absolute atomic E-state index is 11.9. The molecule has 1 heterocycles. The molecule has 0 aromatic heterocycles. The van der Waals surface area contributed by atoms with Crippen molar-refractivity contribution in [3.05, 3.63) is 17.7 Å². The Kier molecular flexibility index (Phi) is 8.22. The van der Waals surface area contributed by atoms with Crippen molar-refractivity contribution in [1.29, 1.82) is 0 Å². The maximum atomic E-state index is 11.9. The summed E-state index contributed by atoms with van der Waals surface area (Å²) in [4.78, 5) is 18.5. The van der Waals surface area contributed by atoms with E-state index in [4.69, 9.17) is 14.2 Å². The van der Waals surface area contributed by atoms with Crippen LogP contribution in [-0.2, 0) is 11.3 Å². The van der Waals surface area contributed by atoms with Gasteiger partial charge in [0.25, 0.3) is 0 Å². The van der Waals surface area contributed by atoms with Crippen molar-refractivity contribution in [3.8, 4) is 17.2 Å². The third kappa shape index (κ3) is 5.43. The van der Waals surface area contributed by atoms with Gasteiger partial charge in [0.15, 0.2) is 17.5 Å². The topological polar surface area (TPSA) is 84.4 Å². The summed E-state index contributed by atoms with van der Waals surface area (Å²) in [6, 6.07) is 3.99. The molecule has 1 atom stereocenters. The Balaban J connectivity index is 2.09. The molecule has 8 nitrogen and oxygen atoms in total. The SMILES string of the molecule is CCNC(=NCc1cc(OC)c(OC)c(OC)c1)NC1CCN(C(=O)CC)C1. The van der Waals surface area contributed by atoms with E-state index in [-0.39, 0.29) is 11.9 Å². The van der Waals surface area contributed by atoms with E-state index in [1.807, 2.05) is 30.9 Å². The molecule has 1 saturated heterocycles. The minimum Gasteiger partial charge on any atom is -0.493 e. The van der Waals surface area contributed by atoms with Crippen LogP contribution in [0.4, 0.5) is 0 Å². The molecule has 1 aliphatic rings. The normalized spacial score (nSPS) is 16.7. The van der Waals surface area contributed by atoms with E-state index >= 15 is 0 Å². The van der Waals surface area contributed by atoms with Gasteiger partial charge in [0.1, 0.15) is 0 Å². The summed E-state index contributed by atoms with van der Waals surface area (Å²) in [5.74, 6) is 2.70. The van der Waals surface area contributed by atoms with Gasteiger partial charge in [0, 0.05) is 32.1 Å². The summed E-state index contributed by atoms with van der Waals surface area (Å²) in [5.41, 5.74) is 0.945. The Morgan fingerprint density at radius 3 is 2.39 bits per heavy atom. The van der Waals surface area contributed by atoms with Crippen LogP contribution in [0, 0.1) is 0 Å². The number of carbonyl (C=O) groups is 1. The number of ether oxygens (including phenoxy) is 3. The zero-order valence-corrected chi connectivity index (χ0v) is 17.5. The molecule has 2 rings (SSSR count). The number of guanidine groups is 1. The highest BCUT2D eigenvalue weighted by atomic mass is 16.5. The number of aliphatic imine (C=N–C) groups is 1. The molecule has 1 aliphatic heterocycles. The van der Waals surface area contributed by atoms with Crippen molar-refractivity contribution in [1.82, 2.24) is 15.5 Å². The zero-order chi connectivity index (χ0) is 20.5. The summed E-state index contributed by atoms with van der Waals surface area (Å²) >= 11 is 0. The number of hydrogen-bond acceptors (Lipinski definition) is 5. The third-order valence-electron chi connectivity index (χ3n) is 4.67. The number of methoxy groups -OCH3 is 3. The van der Waals surface area contributed by atoms with Crippen LogP contribution in [0.25, 0.3) is 0 Å². The summed E-state index contributed by atoms with van der Waals surface area (Å²) in [7, 11) is 4.78. The number of amides is 1. The lowest BCUT2D eigenvalue weighted by Crippen LogP contribution is -2.45. The Hall–Kier alpha value is -2.64. The van der Waals surface area contributed by atoms with Crippen LogP contribution in [0.15, 0.2) is 17.1 Å². The summed E-state index contributed by atoms with van der Waals surface area (Å²) < 4.78 is 16.2. The molecule has 8 heteroatoms. The largest absolute Gasteiger partial charge is 0.493 e. The van der Waals surface area contributed by atoms with Crippen molar-refractivity contribution >= 4 is 11.9 Å². The standard InChI is InChI=1S/C20H32N4O4/c1-6-18(25)24-9-8-15(13-24)23-20(21-7-2)22-12-14-10-16(26-3)19(28-5)17(11-14)27-4/h10-11,15H,6-9,12-13H2,1-5H3,(H2,21,22,23). The summed E-state index contributed by atoms with van der Waals surface area (Å²) in [5, 5.41) is 6.70. The lowest BCUT2D eigenvalue weighted by Gasteiger charge is -2.19. The Morgan fingerprint density at radius 2 is 1.86 bits per heavy atom. The predicted molar refractivity (Wildman–Crippen MR) is 109 cm³/mol. The van der Waals surface area contributed by atoms with Gasteiger partial charge in [-0.25, -0.2) is 4.99 Å². The van der Waals surface area contributed by atoms with Gasteiger partial charge in [0.2, 0.25) is 11.7 Å². The molecular weight excluding hydrogens is 360 g/mol. The molecule has 28 heavy (non-hydrogen) atoms. The molecular formula is C20H32N4O4. The average molecular weight is 393 g/mol. The molecule has 0 bridgehead atoms. The molecule has 0 spiro atoms. The van der Waals surface area contributed by atoms with E-state index in [1.54, 1.807) is 21.3 Å². The van der Waals surface area contributed by atoms with Gasteiger partial charge in [0.05, 0.1) is 27.9 Å². The smallest absolute Gasteiger partial charge is 0.222 e. The first-order valence-electron chi connectivity index (χ1n) is 9.67. The van der Waals surface area contributed by atoms with Crippen LogP contribution < -0.4 is 24.8 Å². The number of nitrogens with one attached hydrogen (secondary N) is 2. The van der Waals surface area contributed by atoms with Gasteiger partial charge in [-0.05, 0) is 31.0 Å². The first-order chi connectivity index (χ1) is 13.6. The van der Waals surface area contributed by atoms with Crippen LogP contribution in [0.3, 0.4) is 0 Å². The minimum atomic E-state index is 0.198. The molecule has 1 aromatic carbocycles. The van der Waals surface area contributed by atoms with Crippen molar-refractivity contribution in [3.63, 3.8) is 0 Å². The predicted octanol–water partition coefficient (Wildman–Crippen LogP) is 1.78. The molecule has 0 saturated carbocycles. The third-order valence-corrected chi connectivity index (χ3v) is 4.67. The number of nitrogens with zero attached hydrogens (tertiary/aromatic N) is 2. The maximum Gasteiger partial charge on any atom is 0.222 e. The van der Waals surface area contributed by atoms with E-state index in [1.165, 1.54) is 0 Å². The molecule has 0 aliphatic carbocycles. The van der Waals surface area contributed by atoms with Gasteiger partial charge >= 0.3 is 0 Å². The molecule has 1 aromatic rings. The number of likely N-dealkylation sites (tertiary alicyclic amines) is 1. The van der Waals surface area contributed by atoms with E-state index < -0.39 is 0 Å².